The monoisotopic (exact) mass is 558 g/mol. The summed E-state index contributed by atoms with van der Waals surface area (Å²) in [7, 11) is 0. The third kappa shape index (κ3) is 4.80. The molecule has 1 heterocycles. The van der Waals surface area contributed by atoms with Gasteiger partial charge in [-0.25, -0.2) is 4.79 Å². The molecule has 1 aromatic rings. The molecule has 3 aliphatic rings. The fourth-order valence-electron chi connectivity index (χ4n) is 7.34. The number of rotatable bonds is 7. The van der Waals surface area contributed by atoms with Crippen LogP contribution >= 0.6 is 0 Å². The van der Waals surface area contributed by atoms with E-state index in [9.17, 15) is 19.2 Å². The van der Waals surface area contributed by atoms with Gasteiger partial charge in [0.1, 0.15) is 23.9 Å². The summed E-state index contributed by atoms with van der Waals surface area (Å²) < 4.78 is 31.3. The standard InChI is InChI=1S/C31H42O9/c1-9-17(2)27(34)38-23-15-18(3)31-25(36-19(4)32)22(29(6,7)40-31)16-24(30(31,8)26(23)37-20(5)33)39-28(35)21-13-11-10-12-14-21/h10-14,17-18,22-26H,9,15-16H2,1-8H3/t17-,18-,22-,23+,24+,25-,26+,30-,31-/m1/s1. The fraction of sp³-hybridized carbons (Fsp3) is 0.677. The molecule has 1 aliphatic heterocycles. The molecule has 2 saturated carbocycles. The van der Waals surface area contributed by atoms with Crippen LogP contribution in [0.1, 0.15) is 85.0 Å². The SMILES string of the molecule is CC[C@@H](C)C(=O)O[C@H]1C[C@@H](C)[C@]23OC(C)(C)[C@H](C[C@H](OC(=O)c4ccccc4)[C@]2(C)[C@H]1OC(C)=O)[C@H]3OC(C)=O. The van der Waals surface area contributed by atoms with Gasteiger partial charge in [-0.3, -0.25) is 14.4 Å². The number of ether oxygens (including phenoxy) is 5. The average Bonchev–Trinajstić information content (AvgIpc) is 3.06. The highest BCUT2D eigenvalue weighted by molar-refractivity contribution is 5.89. The summed E-state index contributed by atoms with van der Waals surface area (Å²) in [4.78, 5) is 51.5. The minimum atomic E-state index is -1.24. The predicted octanol–water partition coefficient (Wildman–Crippen LogP) is 4.65. The van der Waals surface area contributed by atoms with Crippen molar-refractivity contribution in [3.05, 3.63) is 35.9 Å². The lowest BCUT2D eigenvalue weighted by Crippen LogP contribution is -2.76. The molecule has 9 atom stereocenters. The van der Waals surface area contributed by atoms with Crippen molar-refractivity contribution >= 4 is 23.9 Å². The van der Waals surface area contributed by atoms with Crippen LogP contribution in [0.4, 0.5) is 0 Å². The first-order valence-electron chi connectivity index (χ1n) is 14.2. The van der Waals surface area contributed by atoms with Crippen LogP contribution in [0.15, 0.2) is 30.3 Å². The summed E-state index contributed by atoms with van der Waals surface area (Å²) in [6.45, 7) is 14.0. The van der Waals surface area contributed by atoms with Gasteiger partial charge in [-0.1, -0.05) is 39.0 Å². The van der Waals surface area contributed by atoms with Gasteiger partial charge in [-0.2, -0.15) is 0 Å². The van der Waals surface area contributed by atoms with Crippen molar-refractivity contribution in [2.24, 2.45) is 23.2 Å². The summed E-state index contributed by atoms with van der Waals surface area (Å²) >= 11 is 0. The van der Waals surface area contributed by atoms with Crippen LogP contribution in [0.5, 0.6) is 0 Å². The van der Waals surface area contributed by atoms with Gasteiger partial charge in [0.15, 0.2) is 6.10 Å². The van der Waals surface area contributed by atoms with Crippen molar-refractivity contribution < 1.29 is 42.9 Å². The Morgan fingerprint density at radius 3 is 2.10 bits per heavy atom. The number of benzene rings is 1. The number of hydrogen-bond acceptors (Lipinski definition) is 9. The van der Waals surface area contributed by atoms with Crippen molar-refractivity contribution in [2.45, 2.75) is 110 Å². The van der Waals surface area contributed by atoms with E-state index in [-0.39, 0.29) is 24.2 Å². The molecule has 1 saturated heterocycles. The molecule has 220 valence electrons. The number of esters is 4. The Bertz CT molecular complexity index is 1150. The molecule has 4 rings (SSSR count). The van der Waals surface area contributed by atoms with Crippen LogP contribution in [0.2, 0.25) is 0 Å². The Morgan fingerprint density at radius 1 is 0.925 bits per heavy atom. The molecule has 2 aliphatic carbocycles. The Labute approximate surface area is 236 Å². The van der Waals surface area contributed by atoms with Gasteiger partial charge in [0.2, 0.25) is 0 Å². The van der Waals surface area contributed by atoms with E-state index in [2.05, 4.69) is 0 Å². The summed E-state index contributed by atoms with van der Waals surface area (Å²) in [6, 6.07) is 8.65. The van der Waals surface area contributed by atoms with Crippen molar-refractivity contribution in [2.75, 3.05) is 0 Å². The van der Waals surface area contributed by atoms with E-state index < -0.39 is 64.9 Å². The van der Waals surface area contributed by atoms with Crippen LogP contribution < -0.4 is 0 Å². The predicted molar refractivity (Wildman–Crippen MR) is 144 cm³/mol. The van der Waals surface area contributed by atoms with Gasteiger partial charge in [0.25, 0.3) is 0 Å². The molecule has 9 nitrogen and oxygen atoms in total. The van der Waals surface area contributed by atoms with Gasteiger partial charge >= 0.3 is 23.9 Å². The third-order valence-electron chi connectivity index (χ3n) is 9.47. The summed E-state index contributed by atoms with van der Waals surface area (Å²) in [5, 5.41) is 0. The van der Waals surface area contributed by atoms with E-state index in [0.29, 0.717) is 18.4 Å². The highest BCUT2D eigenvalue weighted by Gasteiger charge is 2.80. The van der Waals surface area contributed by atoms with Gasteiger partial charge in [-0.05, 0) is 58.1 Å². The maximum atomic E-state index is 13.4. The van der Waals surface area contributed by atoms with Crippen molar-refractivity contribution in [3.63, 3.8) is 0 Å². The summed E-state index contributed by atoms with van der Waals surface area (Å²) in [5.74, 6) is -2.94. The van der Waals surface area contributed by atoms with Crippen LogP contribution in [0.3, 0.4) is 0 Å². The van der Waals surface area contributed by atoms with Gasteiger partial charge in [0.05, 0.1) is 22.5 Å². The van der Waals surface area contributed by atoms with E-state index in [4.69, 9.17) is 23.7 Å². The lowest BCUT2D eigenvalue weighted by atomic mass is 9.48. The zero-order chi connectivity index (χ0) is 29.6. The quantitative estimate of drug-likeness (QED) is 0.348. The van der Waals surface area contributed by atoms with Crippen LogP contribution in [-0.2, 0) is 38.1 Å². The zero-order valence-electron chi connectivity index (χ0n) is 24.7. The zero-order valence-corrected chi connectivity index (χ0v) is 24.7. The second-order valence-corrected chi connectivity index (χ2v) is 12.4. The van der Waals surface area contributed by atoms with E-state index in [0.717, 1.165) is 0 Å². The summed E-state index contributed by atoms with van der Waals surface area (Å²) in [5.41, 5.74) is -2.83. The maximum Gasteiger partial charge on any atom is 0.338 e. The minimum Gasteiger partial charge on any atom is -0.459 e. The highest BCUT2D eigenvalue weighted by atomic mass is 16.6. The Hall–Kier alpha value is -2.94. The first kappa shape index (κ1) is 30.0. The Kier molecular flexibility index (Phi) is 8.11. The van der Waals surface area contributed by atoms with E-state index >= 15 is 0 Å². The topological polar surface area (TPSA) is 114 Å². The van der Waals surface area contributed by atoms with Crippen molar-refractivity contribution in [3.8, 4) is 0 Å². The Balaban J connectivity index is 1.89. The molecule has 0 radical (unpaired) electrons. The number of fused-ring (bicyclic) bond motifs is 1. The molecular formula is C31H42O9. The molecule has 1 spiro atoms. The molecule has 0 N–H and O–H groups in total. The smallest absolute Gasteiger partial charge is 0.338 e. The maximum absolute atomic E-state index is 13.4. The van der Waals surface area contributed by atoms with Gasteiger partial charge < -0.3 is 23.7 Å². The second kappa shape index (κ2) is 10.8. The van der Waals surface area contributed by atoms with Crippen LogP contribution in [0, 0.1) is 23.2 Å². The molecular weight excluding hydrogens is 516 g/mol. The molecule has 40 heavy (non-hydrogen) atoms. The second-order valence-electron chi connectivity index (χ2n) is 12.4. The highest BCUT2D eigenvalue weighted by Crippen LogP contribution is 2.68. The van der Waals surface area contributed by atoms with Gasteiger partial charge in [0, 0.05) is 19.8 Å². The van der Waals surface area contributed by atoms with E-state index in [1.54, 1.807) is 31.2 Å². The lowest BCUT2D eigenvalue weighted by molar-refractivity contribution is -0.305. The van der Waals surface area contributed by atoms with E-state index in [1.165, 1.54) is 13.8 Å². The number of hydrogen-bond donors (Lipinski definition) is 0. The van der Waals surface area contributed by atoms with Crippen LogP contribution in [-0.4, -0.2) is 59.5 Å². The van der Waals surface area contributed by atoms with Crippen molar-refractivity contribution in [1.82, 2.24) is 0 Å². The largest absolute Gasteiger partial charge is 0.459 e. The molecule has 3 fully saturated rings. The molecule has 0 aromatic heterocycles. The molecule has 0 unspecified atom stereocenters. The number of carbonyl (C=O) groups excluding carboxylic acids is 4. The van der Waals surface area contributed by atoms with E-state index in [1.807, 2.05) is 40.7 Å². The number of carbonyl (C=O) groups is 4. The molecule has 0 amide bonds. The molecule has 1 aromatic carbocycles. The molecule has 9 heteroatoms. The van der Waals surface area contributed by atoms with Crippen LogP contribution in [0.25, 0.3) is 0 Å². The van der Waals surface area contributed by atoms with Crippen molar-refractivity contribution in [1.29, 1.82) is 0 Å². The fourth-order valence-corrected chi connectivity index (χ4v) is 7.34. The first-order valence-corrected chi connectivity index (χ1v) is 14.2. The van der Waals surface area contributed by atoms with Gasteiger partial charge in [-0.15, -0.1) is 0 Å². The molecule has 2 bridgehead atoms. The average molecular weight is 559 g/mol. The first-order chi connectivity index (χ1) is 18.7. The summed E-state index contributed by atoms with van der Waals surface area (Å²) in [6.07, 6.45) is -2.18. The normalized spacial score (nSPS) is 36.5. The lowest BCUT2D eigenvalue weighted by Gasteiger charge is -2.62. The minimum absolute atomic E-state index is 0.290. The third-order valence-corrected chi connectivity index (χ3v) is 9.47. The Morgan fingerprint density at radius 2 is 1.52 bits per heavy atom.